The highest BCUT2D eigenvalue weighted by Crippen LogP contribution is 2.15. The van der Waals surface area contributed by atoms with Gasteiger partial charge in [0, 0.05) is 18.9 Å². The second-order valence-corrected chi connectivity index (χ2v) is 6.51. The Labute approximate surface area is 110 Å². The summed E-state index contributed by atoms with van der Waals surface area (Å²) in [5.74, 6) is -0.439. The number of alkyl halides is 1. The number of halogens is 2. The van der Waals surface area contributed by atoms with Gasteiger partial charge in [-0.15, -0.1) is 0 Å². The van der Waals surface area contributed by atoms with Crippen molar-refractivity contribution in [1.82, 2.24) is 4.31 Å². The number of sulfonamides is 1. The molecule has 0 amide bonds. The quantitative estimate of drug-likeness (QED) is 0.596. The molecule has 0 bridgehead atoms. The second kappa shape index (κ2) is 6.47. The minimum Gasteiger partial charge on any atom is -0.207 e. The molecule has 1 aromatic rings. The van der Waals surface area contributed by atoms with Crippen LogP contribution in [0.25, 0.3) is 0 Å². The first-order valence-electron chi connectivity index (χ1n) is 5.26. The number of rotatable bonds is 6. The van der Waals surface area contributed by atoms with E-state index in [-0.39, 0.29) is 4.90 Å². The third-order valence-electron chi connectivity index (χ3n) is 2.38. The van der Waals surface area contributed by atoms with Gasteiger partial charge in [-0.3, -0.25) is 0 Å². The average Bonchev–Trinajstić information content (AvgIpc) is 2.29. The van der Waals surface area contributed by atoms with Crippen LogP contribution >= 0.6 is 15.9 Å². The summed E-state index contributed by atoms with van der Waals surface area (Å²) < 4.78 is 38.1. The largest absolute Gasteiger partial charge is 0.242 e. The lowest BCUT2D eigenvalue weighted by atomic mass is 10.3. The van der Waals surface area contributed by atoms with E-state index in [1.54, 1.807) is 0 Å². The third-order valence-corrected chi connectivity index (χ3v) is 4.81. The third kappa shape index (κ3) is 4.04. The lowest BCUT2D eigenvalue weighted by Crippen LogP contribution is -2.28. The molecule has 3 nitrogen and oxygen atoms in total. The van der Waals surface area contributed by atoms with Crippen molar-refractivity contribution in [2.24, 2.45) is 0 Å². The van der Waals surface area contributed by atoms with E-state index in [1.807, 2.05) is 0 Å². The SMILES string of the molecule is CN(CCCCBr)S(=O)(=O)c1ccc(F)cc1. The molecule has 0 saturated carbocycles. The monoisotopic (exact) mass is 323 g/mol. The van der Waals surface area contributed by atoms with Crippen molar-refractivity contribution in [2.45, 2.75) is 17.7 Å². The summed E-state index contributed by atoms with van der Waals surface area (Å²) in [6, 6.07) is 4.87. The van der Waals surface area contributed by atoms with Crippen molar-refractivity contribution < 1.29 is 12.8 Å². The van der Waals surface area contributed by atoms with Gasteiger partial charge in [-0.1, -0.05) is 15.9 Å². The molecule has 0 aliphatic carbocycles. The summed E-state index contributed by atoms with van der Waals surface area (Å²) in [5.41, 5.74) is 0. The molecule has 0 radical (unpaired) electrons. The maximum atomic E-state index is 12.7. The summed E-state index contributed by atoms with van der Waals surface area (Å²) in [5, 5.41) is 0.859. The topological polar surface area (TPSA) is 37.4 Å². The van der Waals surface area contributed by atoms with Gasteiger partial charge in [0.05, 0.1) is 4.90 Å². The van der Waals surface area contributed by atoms with Crippen LogP contribution in [0.15, 0.2) is 29.2 Å². The zero-order valence-corrected chi connectivity index (χ0v) is 12.0. The molecule has 0 heterocycles. The lowest BCUT2D eigenvalue weighted by molar-refractivity contribution is 0.460. The van der Waals surface area contributed by atoms with Gasteiger partial charge >= 0.3 is 0 Å². The molecule has 0 fully saturated rings. The van der Waals surface area contributed by atoms with Crippen LogP contribution in [0.2, 0.25) is 0 Å². The van der Waals surface area contributed by atoms with Crippen molar-refractivity contribution in [3.05, 3.63) is 30.1 Å². The Morgan fingerprint density at radius 2 is 1.82 bits per heavy atom. The summed E-state index contributed by atoms with van der Waals surface area (Å²) in [7, 11) is -1.95. The Bertz CT molecular complexity index is 447. The van der Waals surface area contributed by atoms with Gasteiger partial charge in [0.15, 0.2) is 0 Å². The highest BCUT2D eigenvalue weighted by atomic mass is 79.9. The molecule has 1 aromatic carbocycles. The molecule has 0 atom stereocenters. The lowest BCUT2D eigenvalue weighted by Gasteiger charge is -2.16. The van der Waals surface area contributed by atoms with Crippen LogP contribution in [0.1, 0.15) is 12.8 Å². The fraction of sp³-hybridized carbons (Fsp3) is 0.455. The van der Waals surface area contributed by atoms with E-state index < -0.39 is 15.8 Å². The first-order chi connectivity index (χ1) is 7.98. The maximum Gasteiger partial charge on any atom is 0.242 e. The molecule has 0 spiro atoms. The summed E-state index contributed by atoms with van der Waals surface area (Å²) >= 11 is 3.29. The van der Waals surface area contributed by atoms with Gasteiger partial charge < -0.3 is 0 Å². The molecule has 0 aliphatic heterocycles. The van der Waals surface area contributed by atoms with Crippen LogP contribution in [0.5, 0.6) is 0 Å². The van der Waals surface area contributed by atoms with E-state index in [9.17, 15) is 12.8 Å². The number of unbranched alkanes of at least 4 members (excludes halogenated alkanes) is 1. The summed E-state index contributed by atoms with van der Waals surface area (Å²) in [6.45, 7) is 0.464. The Hall–Kier alpha value is -0.460. The van der Waals surface area contributed by atoms with Crippen molar-refractivity contribution >= 4 is 26.0 Å². The van der Waals surface area contributed by atoms with Crippen LogP contribution in [0, 0.1) is 5.82 Å². The zero-order valence-electron chi connectivity index (χ0n) is 9.57. The predicted molar refractivity (Wildman–Crippen MR) is 69.2 cm³/mol. The van der Waals surface area contributed by atoms with E-state index in [1.165, 1.54) is 23.5 Å². The fourth-order valence-corrected chi connectivity index (χ4v) is 2.94. The molecule has 17 heavy (non-hydrogen) atoms. The van der Waals surface area contributed by atoms with Gasteiger partial charge in [0.2, 0.25) is 10.0 Å². The van der Waals surface area contributed by atoms with Gasteiger partial charge in [-0.25, -0.2) is 17.1 Å². The van der Waals surface area contributed by atoms with Gasteiger partial charge in [0.1, 0.15) is 5.82 Å². The Morgan fingerprint density at radius 3 is 2.35 bits per heavy atom. The van der Waals surface area contributed by atoms with Gasteiger partial charge in [0.25, 0.3) is 0 Å². The molecule has 0 unspecified atom stereocenters. The Balaban J connectivity index is 2.76. The number of benzene rings is 1. The molecule has 1 rings (SSSR count). The molecule has 6 heteroatoms. The van der Waals surface area contributed by atoms with Gasteiger partial charge in [-0.05, 0) is 37.1 Å². The molecule has 0 N–H and O–H groups in total. The maximum absolute atomic E-state index is 12.7. The molecule has 0 saturated heterocycles. The number of nitrogens with zero attached hydrogens (tertiary/aromatic N) is 1. The van der Waals surface area contributed by atoms with Crippen LogP contribution in [0.3, 0.4) is 0 Å². The van der Waals surface area contributed by atoms with E-state index >= 15 is 0 Å². The smallest absolute Gasteiger partial charge is 0.207 e. The Kier molecular flexibility index (Phi) is 5.55. The van der Waals surface area contributed by atoms with E-state index in [2.05, 4.69) is 15.9 Å². The van der Waals surface area contributed by atoms with Crippen LogP contribution in [0.4, 0.5) is 4.39 Å². The first kappa shape index (κ1) is 14.6. The van der Waals surface area contributed by atoms with Crippen molar-refractivity contribution in [3.63, 3.8) is 0 Å². The highest BCUT2D eigenvalue weighted by molar-refractivity contribution is 9.09. The Morgan fingerprint density at radius 1 is 1.24 bits per heavy atom. The highest BCUT2D eigenvalue weighted by Gasteiger charge is 2.19. The van der Waals surface area contributed by atoms with Crippen molar-refractivity contribution in [3.8, 4) is 0 Å². The zero-order chi connectivity index (χ0) is 12.9. The van der Waals surface area contributed by atoms with Crippen LogP contribution in [-0.2, 0) is 10.0 Å². The van der Waals surface area contributed by atoms with Crippen molar-refractivity contribution in [1.29, 1.82) is 0 Å². The number of hydrogen-bond acceptors (Lipinski definition) is 2. The van der Waals surface area contributed by atoms with Crippen LogP contribution < -0.4 is 0 Å². The summed E-state index contributed by atoms with van der Waals surface area (Å²) in [6.07, 6.45) is 1.71. The number of hydrogen-bond donors (Lipinski definition) is 0. The van der Waals surface area contributed by atoms with E-state index in [0.29, 0.717) is 6.54 Å². The fourth-order valence-electron chi connectivity index (χ4n) is 1.34. The standard InChI is InChI=1S/C11H15BrFNO2S/c1-14(9-3-2-8-12)17(15,16)11-6-4-10(13)5-7-11/h4-7H,2-3,8-9H2,1H3. The molecular formula is C11H15BrFNO2S. The predicted octanol–water partition coefficient (Wildman–Crippen LogP) is 2.62. The molecular weight excluding hydrogens is 309 g/mol. The van der Waals surface area contributed by atoms with E-state index in [0.717, 1.165) is 30.3 Å². The summed E-state index contributed by atoms with van der Waals surface area (Å²) in [4.78, 5) is 0.125. The normalized spacial score (nSPS) is 12.0. The van der Waals surface area contributed by atoms with E-state index in [4.69, 9.17) is 0 Å². The second-order valence-electron chi connectivity index (χ2n) is 3.68. The minimum atomic E-state index is -3.48. The van der Waals surface area contributed by atoms with Crippen LogP contribution in [-0.4, -0.2) is 31.6 Å². The minimum absolute atomic E-state index is 0.125. The molecule has 0 aliphatic rings. The molecule has 0 aromatic heterocycles. The average molecular weight is 324 g/mol. The first-order valence-corrected chi connectivity index (χ1v) is 7.82. The van der Waals surface area contributed by atoms with Gasteiger partial charge in [-0.2, -0.15) is 0 Å². The molecule has 96 valence electrons. The van der Waals surface area contributed by atoms with Crippen molar-refractivity contribution in [2.75, 3.05) is 18.9 Å².